The molecule has 5 heteroatoms. The summed E-state index contributed by atoms with van der Waals surface area (Å²) in [5.74, 6) is 2.03. The van der Waals surface area contributed by atoms with E-state index in [4.69, 9.17) is 10.2 Å². The number of likely N-dealkylation sites (tertiary alicyclic amines) is 1. The molecule has 0 spiro atoms. The minimum absolute atomic E-state index is 0.165. The van der Waals surface area contributed by atoms with Crippen LogP contribution < -0.4 is 5.73 Å². The van der Waals surface area contributed by atoms with Crippen LogP contribution in [0.1, 0.15) is 24.4 Å². The maximum absolute atomic E-state index is 12.3. The average Bonchev–Trinajstić information content (AvgIpc) is 3.20. The molecule has 23 heavy (non-hydrogen) atoms. The van der Waals surface area contributed by atoms with Gasteiger partial charge in [-0.05, 0) is 25.8 Å². The summed E-state index contributed by atoms with van der Waals surface area (Å²) >= 11 is 0. The van der Waals surface area contributed by atoms with Crippen molar-refractivity contribution in [3.05, 3.63) is 41.9 Å². The van der Waals surface area contributed by atoms with Crippen LogP contribution in [-0.2, 0) is 11.2 Å². The summed E-state index contributed by atoms with van der Waals surface area (Å²) in [4.78, 5) is 18.6. The first kappa shape index (κ1) is 15.7. The van der Waals surface area contributed by atoms with Crippen molar-refractivity contribution in [3.8, 4) is 11.3 Å². The van der Waals surface area contributed by atoms with Crippen molar-refractivity contribution >= 4 is 5.91 Å². The van der Waals surface area contributed by atoms with E-state index in [1.54, 1.807) is 0 Å². The molecule has 0 saturated carbocycles. The highest BCUT2D eigenvalue weighted by molar-refractivity contribution is 5.76. The van der Waals surface area contributed by atoms with Crippen molar-refractivity contribution in [1.29, 1.82) is 0 Å². The molecule has 1 atom stereocenters. The molecular formula is C18H23N3O2. The fraction of sp³-hybridized carbons (Fsp3) is 0.444. The van der Waals surface area contributed by atoms with E-state index in [2.05, 4.69) is 4.98 Å². The lowest BCUT2D eigenvalue weighted by Crippen LogP contribution is -2.30. The van der Waals surface area contributed by atoms with Crippen LogP contribution in [0.25, 0.3) is 11.3 Å². The Morgan fingerprint density at radius 1 is 1.39 bits per heavy atom. The Morgan fingerprint density at radius 2 is 2.17 bits per heavy atom. The van der Waals surface area contributed by atoms with Gasteiger partial charge in [0.25, 0.3) is 0 Å². The third-order valence-corrected chi connectivity index (χ3v) is 4.40. The SMILES string of the molecule is Cc1nc(CCC(=O)N2CC[C@@H](CN)C2)oc1-c1ccccc1. The second-order valence-corrected chi connectivity index (χ2v) is 6.12. The lowest BCUT2D eigenvalue weighted by Gasteiger charge is -2.15. The Kier molecular flexibility index (Phi) is 4.76. The van der Waals surface area contributed by atoms with Crippen LogP contribution >= 0.6 is 0 Å². The lowest BCUT2D eigenvalue weighted by atomic mass is 10.1. The number of hydrogen-bond donors (Lipinski definition) is 1. The van der Waals surface area contributed by atoms with Crippen LogP contribution in [0, 0.1) is 12.8 Å². The van der Waals surface area contributed by atoms with Gasteiger partial charge in [0.15, 0.2) is 11.7 Å². The Balaban J connectivity index is 1.60. The molecule has 1 aliphatic heterocycles. The number of hydrogen-bond acceptors (Lipinski definition) is 4. The second-order valence-electron chi connectivity index (χ2n) is 6.12. The zero-order valence-corrected chi connectivity index (χ0v) is 13.5. The van der Waals surface area contributed by atoms with Gasteiger partial charge in [0.2, 0.25) is 5.91 Å². The molecule has 5 nitrogen and oxygen atoms in total. The highest BCUT2D eigenvalue weighted by Gasteiger charge is 2.25. The molecule has 2 heterocycles. The minimum Gasteiger partial charge on any atom is -0.440 e. The number of carbonyl (C=O) groups is 1. The fourth-order valence-corrected chi connectivity index (χ4v) is 3.04. The molecule has 3 rings (SSSR count). The largest absolute Gasteiger partial charge is 0.440 e. The molecule has 1 fully saturated rings. The molecule has 0 unspecified atom stereocenters. The lowest BCUT2D eigenvalue weighted by molar-refractivity contribution is -0.130. The van der Waals surface area contributed by atoms with Gasteiger partial charge >= 0.3 is 0 Å². The molecule has 1 aliphatic rings. The Morgan fingerprint density at radius 3 is 2.87 bits per heavy atom. The molecular weight excluding hydrogens is 290 g/mol. The first-order valence-electron chi connectivity index (χ1n) is 8.17. The van der Waals surface area contributed by atoms with E-state index in [1.165, 1.54) is 0 Å². The topological polar surface area (TPSA) is 72.4 Å². The maximum Gasteiger partial charge on any atom is 0.223 e. The third-order valence-electron chi connectivity index (χ3n) is 4.40. The van der Waals surface area contributed by atoms with E-state index in [1.807, 2.05) is 42.2 Å². The number of benzene rings is 1. The maximum atomic E-state index is 12.3. The van der Waals surface area contributed by atoms with E-state index in [-0.39, 0.29) is 5.91 Å². The van der Waals surface area contributed by atoms with E-state index < -0.39 is 0 Å². The number of carbonyl (C=O) groups excluding carboxylic acids is 1. The molecule has 1 aromatic carbocycles. The van der Waals surface area contributed by atoms with Crippen LogP contribution in [0.5, 0.6) is 0 Å². The van der Waals surface area contributed by atoms with Crippen molar-refractivity contribution in [2.24, 2.45) is 11.7 Å². The number of nitrogens with two attached hydrogens (primary N) is 1. The van der Waals surface area contributed by atoms with Gasteiger partial charge in [-0.1, -0.05) is 30.3 Å². The van der Waals surface area contributed by atoms with Crippen molar-refractivity contribution in [3.63, 3.8) is 0 Å². The number of aromatic nitrogens is 1. The van der Waals surface area contributed by atoms with Gasteiger partial charge in [0.05, 0.1) is 5.69 Å². The predicted octanol–water partition coefficient (Wildman–Crippen LogP) is 2.39. The summed E-state index contributed by atoms with van der Waals surface area (Å²) in [5, 5.41) is 0. The van der Waals surface area contributed by atoms with Gasteiger partial charge in [-0.2, -0.15) is 0 Å². The van der Waals surface area contributed by atoms with Crippen molar-refractivity contribution in [2.75, 3.05) is 19.6 Å². The van der Waals surface area contributed by atoms with Gasteiger partial charge in [-0.15, -0.1) is 0 Å². The Labute approximate surface area is 136 Å². The standard InChI is InChI=1S/C18H23N3O2/c1-13-18(15-5-3-2-4-6-15)23-16(20-13)7-8-17(22)21-10-9-14(11-19)12-21/h2-6,14H,7-12,19H2,1H3/t14-/m0/s1. The number of rotatable bonds is 5. The van der Waals surface area contributed by atoms with Gasteiger partial charge < -0.3 is 15.1 Å². The van der Waals surface area contributed by atoms with Crippen LogP contribution in [-0.4, -0.2) is 35.4 Å². The summed E-state index contributed by atoms with van der Waals surface area (Å²) in [7, 11) is 0. The number of amides is 1. The minimum atomic E-state index is 0.165. The molecule has 0 aliphatic carbocycles. The number of nitrogens with zero attached hydrogens (tertiary/aromatic N) is 2. The van der Waals surface area contributed by atoms with E-state index >= 15 is 0 Å². The third kappa shape index (κ3) is 3.62. The smallest absolute Gasteiger partial charge is 0.223 e. The first-order valence-corrected chi connectivity index (χ1v) is 8.17. The summed E-state index contributed by atoms with van der Waals surface area (Å²) in [6, 6.07) is 9.92. The molecule has 0 bridgehead atoms. The molecule has 1 amide bonds. The zero-order chi connectivity index (χ0) is 16.2. The first-order chi connectivity index (χ1) is 11.2. The molecule has 2 N–H and O–H groups in total. The summed E-state index contributed by atoms with van der Waals surface area (Å²) in [6.07, 6.45) is 1.99. The molecule has 1 aromatic heterocycles. The summed E-state index contributed by atoms with van der Waals surface area (Å²) in [6.45, 7) is 4.20. The highest BCUT2D eigenvalue weighted by atomic mass is 16.4. The highest BCUT2D eigenvalue weighted by Crippen LogP contribution is 2.25. The quantitative estimate of drug-likeness (QED) is 0.920. The zero-order valence-electron chi connectivity index (χ0n) is 13.5. The number of aryl methyl sites for hydroxylation is 2. The predicted molar refractivity (Wildman–Crippen MR) is 88.7 cm³/mol. The van der Waals surface area contributed by atoms with Crippen LogP contribution in [0.15, 0.2) is 34.7 Å². The van der Waals surface area contributed by atoms with Crippen LogP contribution in [0.4, 0.5) is 0 Å². The van der Waals surface area contributed by atoms with Gasteiger partial charge in [0.1, 0.15) is 0 Å². The van der Waals surface area contributed by atoms with Gasteiger partial charge in [-0.25, -0.2) is 4.98 Å². The van der Waals surface area contributed by atoms with E-state index in [0.717, 1.165) is 36.5 Å². The van der Waals surface area contributed by atoms with Crippen molar-refractivity contribution in [2.45, 2.75) is 26.2 Å². The molecule has 2 aromatic rings. The summed E-state index contributed by atoms with van der Waals surface area (Å²) < 4.78 is 5.85. The van der Waals surface area contributed by atoms with E-state index in [0.29, 0.717) is 31.2 Å². The molecule has 0 radical (unpaired) electrons. The van der Waals surface area contributed by atoms with E-state index in [9.17, 15) is 4.79 Å². The van der Waals surface area contributed by atoms with Gasteiger partial charge in [-0.3, -0.25) is 4.79 Å². The average molecular weight is 313 g/mol. The number of oxazole rings is 1. The molecule has 122 valence electrons. The monoisotopic (exact) mass is 313 g/mol. The fourth-order valence-electron chi connectivity index (χ4n) is 3.04. The van der Waals surface area contributed by atoms with Crippen LogP contribution in [0.2, 0.25) is 0 Å². The van der Waals surface area contributed by atoms with Crippen LogP contribution in [0.3, 0.4) is 0 Å². The normalized spacial score (nSPS) is 17.7. The van der Waals surface area contributed by atoms with Gasteiger partial charge in [0, 0.05) is 31.5 Å². The summed E-state index contributed by atoms with van der Waals surface area (Å²) in [5.41, 5.74) is 7.55. The Bertz CT molecular complexity index is 666. The van der Waals surface area contributed by atoms with Crippen molar-refractivity contribution < 1.29 is 9.21 Å². The second kappa shape index (κ2) is 6.96. The van der Waals surface area contributed by atoms with Crippen molar-refractivity contribution in [1.82, 2.24) is 9.88 Å². The molecule has 1 saturated heterocycles. The Hall–Kier alpha value is -2.14.